The first-order valence-electron chi connectivity index (χ1n) is 9.88. The van der Waals surface area contributed by atoms with E-state index in [1.54, 1.807) is 0 Å². The van der Waals surface area contributed by atoms with E-state index in [2.05, 4.69) is 22.5 Å². The van der Waals surface area contributed by atoms with E-state index in [4.69, 9.17) is 5.11 Å². The molecule has 162 valence electrons. The monoisotopic (exact) mass is 525 g/mol. The molecule has 0 heterocycles. The number of aliphatic hydroxyl groups excluding tert-OH is 1. The predicted molar refractivity (Wildman–Crippen MR) is 128 cm³/mol. The van der Waals surface area contributed by atoms with E-state index < -0.39 is 9.84 Å². The third-order valence-electron chi connectivity index (χ3n) is 4.24. The Bertz CT molecular complexity index is 633. The molecule has 0 aromatic heterocycles. The Balaban J connectivity index is 0.00000729. The van der Waals surface area contributed by atoms with Gasteiger partial charge < -0.3 is 15.7 Å². The first-order valence-corrected chi connectivity index (χ1v) is 11.7. The Labute approximate surface area is 187 Å². The molecule has 6 nitrogen and oxygen atoms in total. The molecule has 0 fully saturated rings. The summed E-state index contributed by atoms with van der Waals surface area (Å²) in [6, 6.07) is 9.27. The number of nitrogens with one attached hydrogen (secondary N) is 2. The predicted octanol–water partition coefficient (Wildman–Crippen LogP) is 2.96. The van der Waals surface area contributed by atoms with Crippen molar-refractivity contribution in [2.24, 2.45) is 10.9 Å². The van der Waals surface area contributed by atoms with Gasteiger partial charge in [-0.25, -0.2) is 8.42 Å². The topological polar surface area (TPSA) is 90.8 Å². The molecular weight excluding hydrogens is 489 g/mol. The van der Waals surface area contributed by atoms with Gasteiger partial charge in [-0.1, -0.05) is 43.7 Å². The summed E-state index contributed by atoms with van der Waals surface area (Å²) in [5.74, 6) is 1.32. The molecule has 0 saturated heterocycles. The van der Waals surface area contributed by atoms with Gasteiger partial charge in [0.05, 0.1) is 11.5 Å². The molecule has 0 bridgehead atoms. The van der Waals surface area contributed by atoms with Gasteiger partial charge in [0.1, 0.15) is 0 Å². The molecule has 1 aromatic rings. The first-order chi connectivity index (χ1) is 13.0. The average Bonchev–Trinajstić information content (AvgIpc) is 2.63. The van der Waals surface area contributed by atoms with Gasteiger partial charge in [0.2, 0.25) is 0 Å². The Morgan fingerprint density at radius 2 is 1.86 bits per heavy atom. The van der Waals surface area contributed by atoms with Gasteiger partial charge in [-0.2, -0.15) is 0 Å². The average molecular weight is 525 g/mol. The lowest BCUT2D eigenvalue weighted by atomic mass is 10.0. The molecule has 1 rings (SSSR count). The summed E-state index contributed by atoms with van der Waals surface area (Å²) in [5.41, 5.74) is 0.825. The second-order valence-electron chi connectivity index (χ2n) is 6.74. The molecule has 1 unspecified atom stereocenters. The van der Waals surface area contributed by atoms with Gasteiger partial charge in [0, 0.05) is 26.2 Å². The molecule has 8 heteroatoms. The highest BCUT2D eigenvalue weighted by molar-refractivity contribution is 14.0. The third kappa shape index (κ3) is 12.6. The van der Waals surface area contributed by atoms with Gasteiger partial charge >= 0.3 is 0 Å². The van der Waals surface area contributed by atoms with Crippen molar-refractivity contribution in [3.63, 3.8) is 0 Å². The number of sulfone groups is 1. The van der Waals surface area contributed by atoms with Crippen LogP contribution in [0.15, 0.2) is 35.3 Å². The highest BCUT2D eigenvalue weighted by Crippen LogP contribution is 2.11. The Kier molecular flexibility index (Phi) is 15.5. The summed E-state index contributed by atoms with van der Waals surface area (Å²) in [6.45, 7) is 6.28. The second kappa shape index (κ2) is 16.0. The summed E-state index contributed by atoms with van der Waals surface area (Å²) in [6.07, 6.45) is 3.41. The smallest absolute Gasteiger partial charge is 0.191 e. The molecule has 0 spiro atoms. The van der Waals surface area contributed by atoms with Gasteiger partial charge in [-0.15, -0.1) is 24.0 Å². The van der Waals surface area contributed by atoms with Crippen molar-refractivity contribution < 1.29 is 13.5 Å². The lowest BCUT2D eigenvalue weighted by Gasteiger charge is -2.15. The first kappa shape index (κ1) is 27.1. The number of hydrogen-bond donors (Lipinski definition) is 3. The van der Waals surface area contributed by atoms with Crippen LogP contribution < -0.4 is 10.6 Å². The van der Waals surface area contributed by atoms with Crippen molar-refractivity contribution in [3.05, 3.63) is 35.9 Å². The van der Waals surface area contributed by atoms with E-state index in [9.17, 15) is 8.42 Å². The van der Waals surface area contributed by atoms with Crippen molar-refractivity contribution in [2.45, 2.75) is 45.3 Å². The van der Waals surface area contributed by atoms with Crippen LogP contribution in [0.4, 0.5) is 0 Å². The quantitative estimate of drug-likeness (QED) is 0.160. The summed E-state index contributed by atoms with van der Waals surface area (Å²) in [7, 11) is -3.11. The molecule has 0 saturated carbocycles. The van der Waals surface area contributed by atoms with E-state index in [1.165, 1.54) is 0 Å². The van der Waals surface area contributed by atoms with Crippen molar-refractivity contribution >= 4 is 39.8 Å². The van der Waals surface area contributed by atoms with Crippen LogP contribution in [0.25, 0.3) is 0 Å². The number of aliphatic hydroxyl groups is 1. The maximum Gasteiger partial charge on any atom is 0.191 e. The minimum Gasteiger partial charge on any atom is -0.396 e. The lowest BCUT2D eigenvalue weighted by molar-refractivity contribution is 0.253. The van der Waals surface area contributed by atoms with Gasteiger partial charge in [-0.05, 0) is 37.7 Å². The summed E-state index contributed by atoms with van der Waals surface area (Å²) in [5, 5.41) is 15.5. The Hall–Kier alpha value is -0.870. The van der Waals surface area contributed by atoms with E-state index >= 15 is 0 Å². The molecule has 0 radical (unpaired) electrons. The minimum absolute atomic E-state index is 0. The van der Waals surface area contributed by atoms with E-state index in [1.807, 2.05) is 37.3 Å². The SMILES string of the molecule is CCCC(CCO)CN=C(NCC)NCCCS(=O)(=O)Cc1ccccc1.I. The fourth-order valence-corrected chi connectivity index (χ4v) is 4.31. The number of hydrogen-bond acceptors (Lipinski definition) is 4. The maximum absolute atomic E-state index is 12.2. The Morgan fingerprint density at radius 3 is 2.46 bits per heavy atom. The minimum atomic E-state index is -3.11. The van der Waals surface area contributed by atoms with Crippen molar-refractivity contribution in [2.75, 3.05) is 32.0 Å². The van der Waals surface area contributed by atoms with Crippen LogP contribution in [0.3, 0.4) is 0 Å². The highest BCUT2D eigenvalue weighted by Gasteiger charge is 2.12. The third-order valence-corrected chi connectivity index (χ3v) is 5.92. The standard InChI is InChI=1S/C20H35N3O3S.HI/c1-3-9-18(12-14-24)16-23-20(21-4-2)22-13-8-15-27(25,26)17-19-10-6-5-7-11-19;/h5-7,10-11,18,24H,3-4,8-9,12-17H2,1-2H3,(H2,21,22,23);1H. The van der Waals surface area contributed by atoms with Crippen LogP contribution in [0.2, 0.25) is 0 Å². The number of guanidine groups is 1. The molecule has 0 aliphatic heterocycles. The number of aliphatic imine (C=N–C) groups is 1. The van der Waals surface area contributed by atoms with Crippen LogP contribution >= 0.6 is 24.0 Å². The van der Waals surface area contributed by atoms with Crippen LogP contribution in [0, 0.1) is 5.92 Å². The maximum atomic E-state index is 12.2. The summed E-state index contributed by atoms with van der Waals surface area (Å²) in [4.78, 5) is 4.59. The van der Waals surface area contributed by atoms with E-state index in [0.29, 0.717) is 31.4 Å². The van der Waals surface area contributed by atoms with Crippen LogP contribution in [-0.4, -0.2) is 51.5 Å². The second-order valence-corrected chi connectivity index (χ2v) is 8.93. The highest BCUT2D eigenvalue weighted by atomic mass is 127. The van der Waals surface area contributed by atoms with Gasteiger partial charge in [-0.3, -0.25) is 4.99 Å². The summed E-state index contributed by atoms with van der Waals surface area (Å²) >= 11 is 0. The van der Waals surface area contributed by atoms with E-state index in [0.717, 1.165) is 31.4 Å². The van der Waals surface area contributed by atoms with E-state index in [-0.39, 0.29) is 42.1 Å². The zero-order valence-electron chi connectivity index (χ0n) is 17.1. The molecule has 1 aromatic carbocycles. The van der Waals surface area contributed by atoms with Gasteiger partial charge in [0.15, 0.2) is 15.8 Å². The zero-order chi connectivity index (χ0) is 20.0. The molecule has 1 atom stereocenters. The van der Waals surface area contributed by atoms with Gasteiger partial charge in [0.25, 0.3) is 0 Å². The number of halogens is 1. The molecule has 0 aliphatic carbocycles. The molecule has 3 N–H and O–H groups in total. The van der Waals surface area contributed by atoms with Crippen LogP contribution in [-0.2, 0) is 15.6 Å². The fourth-order valence-electron chi connectivity index (χ4n) is 2.88. The summed E-state index contributed by atoms with van der Waals surface area (Å²) < 4.78 is 24.5. The largest absolute Gasteiger partial charge is 0.396 e. The number of rotatable bonds is 13. The fraction of sp³-hybridized carbons (Fsp3) is 0.650. The van der Waals surface area contributed by atoms with Crippen molar-refractivity contribution in [1.29, 1.82) is 0 Å². The number of benzene rings is 1. The molecule has 28 heavy (non-hydrogen) atoms. The van der Waals surface area contributed by atoms with Crippen molar-refractivity contribution in [3.8, 4) is 0 Å². The zero-order valence-corrected chi connectivity index (χ0v) is 20.2. The van der Waals surface area contributed by atoms with Crippen molar-refractivity contribution in [1.82, 2.24) is 10.6 Å². The molecule has 0 aliphatic rings. The lowest BCUT2D eigenvalue weighted by Crippen LogP contribution is -2.38. The molecular formula is C20H36IN3O3S. The van der Waals surface area contributed by atoms with Crippen LogP contribution in [0.5, 0.6) is 0 Å². The normalized spacial score (nSPS) is 12.9. The Morgan fingerprint density at radius 1 is 1.14 bits per heavy atom. The number of nitrogens with zero attached hydrogens (tertiary/aromatic N) is 1. The molecule has 0 amide bonds. The van der Waals surface area contributed by atoms with Crippen LogP contribution in [0.1, 0.15) is 45.1 Å².